The van der Waals surface area contributed by atoms with Gasteiger partial charge < -0.3 is 10.2 Å². The molecule has 0 radical (unpaired) electrons. The summed E-state index contributed by atoms with van der Waals surface area (Å²) >= 11 is 5.81. The van der Waals surface area contributed by atoms with Crippen molar-refractivity contribution in [3.8, 4) is 0 Å². The molecule has 2 heterocycles. The average Bonchev–Trinajstić information content (AvgIpc) is 2.67. The summed E-state index contributed by atoms with van der Waals surface area (Å²) < 4.78 is 53.3. The number of nitrogens with one attached hydrogen (secondary N) is 1. The number of carbonyl (C=O) groups is 1. The van der Waals surface area contributed by atoms with Gasteiger partial charge in [0.1, 0.15) is 11.6 Å². The maximum absolute atomic E-state index is 13.4. The Labute approximate surface area is 164 Å². The van der Waals surface area contributed by atoms with E-state index in [1.807, 2.05) is 4.90 Å². The summed E-state index contributed by atoms with van der Waals surface area (Å²) in [6.45, 7) is 1.000. The first-order valence-electron chi connectivity index (χ1n) is 8.73. The number of nitrogens with zero attached hydrogens (tertiary/aromatic N) is 2. The maximum atomic E-state index is 13.4. The number of alkyl halides is 3. The van der Waals surface area contributed by atoms with E-state index in [9.17, 15) is 22.4 Å². The van der Waals surface area contributed by atoms with E-state index in [2.05, 4.69) is 10.3 Å². The monoisotopic (exact) mass is 415 g/mol. The Bertz CT molecular complexity index is 803. The fourth-order valence-corrected chi connectivity index (χ4v) is 3.31. The molecule has 150 valence electrons. The number of hydrogen-bond acceptors (Lipinski definition) is 3. The normalized spacial score (nSPS) is 16.7. The van der Waals surface area contributed by atoms with Gasteiger partial charge in [0.2, 0.25) is 5.91 Å². The molecule has 1 aliphatic heterocycles. The van der Waals surface area contributed by atoms with Gasteiger partial charge in [0.05, 0.1) is 5.02 Å². The quantitative estimate of drug-likeness (QED) is 0.747. The second-order valence-corrected chi connectivity index (χ2v) is 7.07. The zero-order valence-electron chi connectivity index (χ0n) is 14.7. The second kappa shape index (κ2) is 8.34. The molecule has 1 amide bonds. The molecular formula is C19H18ClF4N3O. The number of pyridine rings is 1. The molecule has 1 saturated heterocycles. The summed E-state index contributed by atoms with van der Waals surface area (Å²) in [5.74, 6) is -1.12. The lowest BCUT2D eigenvalue weighted by atomic mass is 9.95. The maximum Gasteiger partial charge on any atom is 0.412 e. The van der Waals surface area contributed by atoms with Crippen LogP contribution in [0.25, 0.3) is 0 Å². The molecule has 1 unspecified atom stereocenters. The smallest absolute Gasteiger partial charge is 0.357 e. The third-order valence-electron chi connectivity index (χ3n) is 4.72. The van der Waals surface area contributed by atoms with Crippen LogP contribution in [0.15, 0.2) is 42.6 Å². The van der Waals surface area contributed by atoms with Crippen LogP contribution in [-0.2, 0) is 4.79 Å². The van der Waals surface area contributed by atoms with Crippen LogP contribution in [0.3, 0.4) is 0 Å². The van der Waals surface area contributed by atoms with Gasteiger partial charge in [-0.05, 0) is 42.7 Å². The molecule has 0 saturated carbocycles. The molecule has 1 fully saturated rings. The molecule has 0 aliphatic carbocycles. The first kappa shape index (κ1) is 20.4. The van der Waals surface area contributed by atoms with E-state index >= 15 is 0 Å². The highest BCUT2D eigenvalue weighted by molar-refractivity contribution is 6.30. The van der Waals surface area contributed by atoms with Gasteiger partial charge in [-0.25, -0.2) is 9.37 Å². The summed E-state index contributed by atoms with van der Waals surface area (Å²) in [6.07, 6.45) is -2.35. The molecular weight excluding hydrogens is 398 g/mol. The first-order chi connectivity index (χ1) is 13.2. The minimum Gasteiger partial charge on any atom is -0.357 e. The molecule has 1 aromatic heterocycles. The lowest BCUT2D eigenvalue weighted by Gasteiger charge is -2.33. The van der Waals surface area contributed by atoms with Gasteiger partial charge in [-0.15, -0.1) is 0 Å². The predicted molar refractivity (Wildman–Crippen MR) is 97.5 cm³/mol. The SMILES string of the molecule is O=C(NC(c1ccc(F)cc1)C(F)(F)F)C1CCN(c2ccc(Cl)cn2)CC1. The van der Waals surface area contributed by atoms with Crippen molar-refractivity contribution in [3.05, 3.63) is 59.0 Å². The summed E-state index contributed by atoms with van der Waals surface area (Å²) in [5, 5.41) is 2.60. The number of rotatable bonds is 4. The van der Waals surface area contributed by atoms with Crippen molar-refractivity contribution in [1.82, 2.24) is 10.3 Å². The molecule has 1 aliphatic rings. The van der Waals surface area contributed by atoms with Crippen LogP contribution in [0, 0.1) is 11.7 Å². The Hall–Kier alpha value is -2.35. The van der Waals surface area contributed by atoms with Crippen molar-refractivity contribution in [2.75, 3.05) is 18.0 Å². The van der Waals surface area contributed by atoms with Gasteiger partial charge in [-0.2, -0.15) is 13.2 Å². The average molecular weight is 416 g/mol. The molecule has 0 bridgehead atoms. The summed E-state index contributed by atoms with van der Waals surface area (Å²) in [4.78, 5) is 18.6. The van der Waals surface area contributed by atoms with E-state index in [-0.39, 0.29) is 5.56 Å². The molecule has 4 nitrogen and oxygen atoms in total. The van der Waals surface area contributed by atoms with Crippen molar-refractivity contribution < 1.29 is 22.4 Å². The number of anilines is 1. The van der Waals surface area contributed by atoms with Gasteiger partial charge in [0, 0.05) is 25.2 Å². The van der Waals surface area contributed by atoms with Crippen LogP contribution >= 0.6 is 11.6 Å². The fraction of sp³-hybridized carbons (Fsp3) is 0.368. The molecule has 1 atom stereocenters. The van der Waals surface area contributed by atoms with Crippen LogP contribution < -0.4 is 10.2 Å². The van der Waals surface area contributed by atoms with Crippen LogP contribution in [0.5, 0.6) is 0 Å². The Morgan fingerprint density at radius 3 is 2.32 bits per heavy atom. The standard InChI is InChI=1S/C19H18ClF4N3O/c20-14-3-6-16(25-11-14)27-9-7-13(8-10-27)18(28)26-17(19(22,23)24)12-1-4-15(21)5-2-12/h1-6,11,13,17H,7-10H2,(H,26,28). The van der Waals surface area contributed by atoms with Gasteiger partial charge in [0.15, 0.2) is 6.04 Å². The fourth-order valence-electron chi connectivity index (χ4n) is 3.20. The Morgan fingerprint density at radius 1 is 1.14 bits per heavy atom. The van der Waals surface area contributed by atoms with Gasteiger partial charge in [0.25, 0.3) is 0 Å². The largest absolute Gasteiger partial charge is 0.412 e. The lowest BCUT2D eigenvalue weighted by Crippen LogP contribution is -2.45. The number of hydrogen-bond donors (Lipinski definition) is 1. The van der Waals surface area contributed by atoms with Crippen molar-refractivity contribution in [2.24, 2.45) is 5.92 Å². The van der Waals surface area contributed by atoms with E-state index < -0.39 is 29.9 Å². The van der Waals surface area contributed by atoms with Gasteiger partial charge in [-0.3, -0.25) is 4.79 Å². The molecule has 9 heteroatoms. The predicted octanol–water partition coefficient (Wildman–Crippen LogP) is 4.51. The highest BCUT2D eigenvalue weighted by Gasteiger charge is 2.43. The number of carbonyl (C=O) groups excluding carboxylic acids is 1. The van der Waals surface area contributed by atoms with Crippen LogP contribution in [0.2, 0.25) is 5.02 Å². The van der Waals surface area contributed by atoms with Crippen molar-refractivity contribution >= 4 is 23.3 Å². The lowest BCUT2D eigenvalue weighted by molar-refractivity contribution is -0.164. The van der Waals surface area contributed by atoms with Crippen molar-refractivity contribution in [1.29, 1.82) is 0 Å². The Balaban J connectivity index is 1.63. The number of benzene rings is 1. The zero-order chi connectivity index (χ0) is 20.3. The highest BCUT2D eigenvalue weighted by Crippen LogP contribution is 2.33. The first-order valence-corrected chi connectivity index (χ1v) is 9.11. The molecule has 28 heavy (non-hydrogen) atoms. The van der Waals surface area contributed by atoms with E-state index in [4.69, 9.17) is 11.6 Å². The minimum atomic E-state index is -4.68. The van der Waals surface area contributed by atoms with E-state index in [0.717, 1.165) is 24.3 Å². The van der Waals surface area contributed by atoms with Crippen LogP contribution in [-0.4, -0.2) is 30.2 Å². The highest BCUT2D eigenvalue weighted by atomic mass is 35.5. The number of aromatic nitrogens is 1. The molecule has 0 spiro atoms. The summed E-state index contributed by atoms with van der Waals surface area (Å²) in [7, 11) is 0. The summed E-state index contributed by atoms with van der Waals surface area (Å²) in [5.41, 5.74) is -0.204. The molecule has 1 N–H and O–H groups in total. The Kier molecular flexibility index (Phi) is 6.07. The summed E-state index contributed by atoms with van der Waals surface area (Å²) in [6, 6.07) is 5.24. The molecule has 1 aromatic carbocycles. The van der Waals surface area contributed by atoms with Crippen molar-refractivity contribution in [3.63, 3.8) is 0 Å². The molecule has 2 aromatic rings. The third-order valence-corrected chi connectivity index (χ3v) is 4.94. The van der Waals surface area contributed by atoms with Gasteiger partial charge >= 0.3 is 6.18 Å². The minimum absolute atomic E-state index is 0.204. The van der Waals surface area contributed by atoms with Crippen molar-refractivity contribution in [2.45, 2.75) is 25.1 Å². The number of amides is 1. The van der Waals surface area contributed by atoms with E-state index in [1.165, 1.54) is 6.20 Å². The zero-order valence-corrected chi connectivity index (χ0v) is 15.5. The van der Waals surface area contributed by atoms with Gasteiger partial charge in [-0.1, -0.05) is 23.7 Å². The Morgan fingerprint density at radius 2 is 1.79 bits per heavy atom. The van der Waals surface area contributed by atoms with E-state index in [1.54, 1.807) is 12.1 Å². The van der Waals surface area contributed by atoms with E-state index in [0.29, 0.717) is 36.8 Å². The van der Waals surface area contributed by atoms with Crippen LogP contribution in [0.4, 0.5) is 23.4 Å². The van der Waals surface area contributed by atoms with Crippen LogP contribution in [0.1, 0.15) is 24.4 Å². The number of halogens is 5. The second-order valence-electron chi connectivity index (χ2n) is 6.63. The molecule has 3 rings (SSSR count). The number of piperidine rings is 1. The third kappa shape index (κ3) is 4.92. The topological polar surface area (TPSA) is 45.2 Å².